The Morgan fingerprint density at radius 2 is 1.50 bits per heavy atom. The fraction of sp³-hybridized carbons (Fsp3) is 0.714. The fourth-order valence-electron chi connectivity index (χ4n) is 0.759. The first kappa shape index (κ1) is 12.3. The second-order valence-electron chi connectivity index (χ2n) is 3.55. The summed E-state index contributed by atoms with van der Waals surface area (Å²) in [6, 6.07) is 0. The minimum absolute atomic E-state index is 0.0741. The molecule has 0 atom stereocenters. The second-order valence-corrected chi connectivity index (χ2v) is 9.57. The predicted molar refractivity (Wildman–Crippen MR) is 62.8 cm³/mol. The third kappa shape index (κ3) is 5.90. The van der Waals surface area contributed by atoms with Gasteiger partial charge in [0.05, 0.1) is 0 Å². The van der Waals surface area contributed by atoms with Crippen LogP contribution in [-0.4, -0.2) is 34.6 Å². The predicted octanol–water partition coefficient (Wildman–Crippen LogP) is 0.192. The molecule has 0 N–H and O–H groups in total. The van der Waals surface area contributed by atoms with Crippen molar-refractivity contribution in [2.24, 2.45) is 0 Å². The van der Waals surface area contributed by atoms with E-state index >= 15 is 0 Å². The van der Waals surface area contributed by atoms with E-state index in [9.17, 15) is 0 Å². The lowest BCUT2D eigenvalue weighted by Gasteiger charge is -2.23. The zero-order valence-corrected chi connectivity index (χ0v) is 13.1. The van der Waals surface area contributed by atoms with E-state index in [0.717, 1.165) is 15.4 Å². The van der Waals surface area contributed by atoms with Gasteiger partial charge in [-0.15, -0.1) is 0 Å². The molecule has 0 aromatic carbocycles. The van der Waals surface area contributed by atoms with Crippen molar-refractivity contribution in [2.75, 3.05) is 0 Å². The number of hydrogen-bond donors (Lipinski definition) is 0. The SMILES string of the molecule is C=C([SiH3])C(O[SiH](C)C)O[SiH](C)C. The Labute approximate surface area is 81.8 Å². The summed E-state index contributed by atoms with van der Waals surface area (Å²) in [5.41, 5.74) is 0. The van der Waals surface area contributed by atoms with Gasteiger partial charge in [-0.25, -0.2) is 0 Å². The minimum atomic E-state index is -0.985. The Morgan fingerprint density at radius 1 is 1.17 bits per heavy atom. The molecule has 0 radical (unpaired) electrons. The molecular weight excluding hydrogens is 200 g/mol. The molecule has 0 fully saturated rings. The van der Waals surface area contributed by atoms with Crippen molar-refractivity contribution in [1.29, 1.82) is 0 Å². The summed E-state index contributed by atoms with van der Waals surface area (Å²) in [7, 11) is -1.01. The molecule has 0 aliphatic heterocycles. The molecule has 0 unspecified atom stereocenters. The van der Waals surface area contributed by atoms with E-state index in [-0.39, 0.29) is 6.29 Å². The number of hydrogen-bond acceptors (Lipinski definition) is 2. The molecule has 5 heteroatoms. The molecule has 0 aromatic rings. The van der Waals surface area contributed by atoms with Gasteiger partial charge < -0.3 is 8.85 Å². The summed E-state index contributed by atoms with van der Waals surface area (Å²) in [6.07, 6.45) is -0.0741. The molecule has 0 aliphatic carbocycles. The quantitative estimate of drug-likeness (QED) is 0.487. The average molecular weight is 220 g/mol. The Hall–Kier alpha value is 0.311. The van der Waals surface area contributed by atoms with Gasteiger partial charge in [-0.1, -0.05) is 6.58 Å². The highest BCUT2D eigenvalue weighted by atomic mass is 28.3. The van der Waals surface area contributed by atoms with Crippen LogP contribution < -0.4 is 0 Å². The molecule has 0 aliphatic rings. The van der Waals surface area contributed by atoms with E-state index in [0.29, 0.717) is 0 Å². The highest BCUT2D eigenvalue weighted by Crippen LogP contribution is 2.06. The van der Waals surface area contributed by atoms with Crippen LogP contribution in [0.4, 0.5) is 0 Å². The van der Waals surface area contributed by atoms with Gasteiger partial charge in [0.15, 0.2) is 24.4 Å². The van der Waals surface area contributed by atoms with E-state index in [2.05, 4.69) is 32.8 Å². The van der Waals surface area contributed by atoms with Crippen LogP contribution >= 0.6 is 0 Å². The van der Waals surface area contributed by atoms with Crippen molar-refractivity contribution in [3.05, 3.63) is 11.8 Å². The summed E-state index contributed by atoms with van der Waals surface area (Å²) in [4.78, 5) is 0. The van der Waals surface area contributed by atoms with Gasteiger partial charge in [-0.2, -0.15) is 0 Å². The maximum absolute atomic E-state index is 5.71. The van der Waals surface area contributed by atoms with E-state index in [1.54, 1.807) is 0 Å². The molecule has 0 rings (SSSR count). The molecule has 12 heavy (non-hydrogen) atoms. The van der Waals surface area contributed by atoms with E-state index in [1.165, 1.54) is 0 Å². The smallest absolute Gasteiger partial charge is 0.174 e. The number of rotatable bonds is 5. The van der Waals surface area contributed by atoms with Crippen molar-refractivity contribution in [3.8, 4) is 0 Å². The monoisotopic (exact) mass is 220 g/mol. The Morgan fingerprint density at radius 3 is 1.67 bits per heavy atom. The lowest BCUT2D eigenvalue weighted by molar-refractivity contribution is 0.0418. The van der Waals surface area contributed by atoms with Gasteiger partial charge in [0.1, 0.15) is 0 Å². The maximum atomic E-state index is 5.71. The Kier molecular flexibility index (Phi) is 6.02. The van der Waals surface area contributed by atoms with Gasteiger partial charge in [-0.05, 0) is 31.4 Å². The molecule has 0 spiro atoms. The minimum Gasteiger partial charge on any atom is -0.394 e. The van der Waals surface area contributed by atoms with Crippen molar-refractivity contribution in [3.63, 3.8) is 0 Å². The molecular formula is C7H20O2Si3. The maximum Gasteiger partial charge on any atom is 0.174 e. The van der Waals surface area contributed by atoms with Crippen LogP contribution in [0.5, 0.6) is 0 Å². The average Bonchev–Trinajstić information content (AvgIpc) is 1.83. The van der Waals surface area contributed by atoms with Crippen molar-refractivity contribution < 1.29 is 8.85 Å². The zero-order chi connectivity index (χ0) is 9.72. The lowest BCUT2D eigenvalue weighted by Crippen LogP contribution is -2.29. The zero-order valence-electron chi connectivity index (χ0n) is 8.76. The Bertz CT molecular complexity index is 138. The molecule has 72 valence electrons. The van der Waals surface area contributed by atoms with Crippen LogP contribution in [0.25, 0.3) is 0 Å². The van der Waals surface area contributed by atoms with Crippen LogP contribution in [0.15, 0.2) is 11.8 Å². The normalized spacial score (nSPS) is 11.9. The first-order chi connectivity index (χ1) is 5.43. The van der Waals surface area contributed by atoms with Crippen LogP contribution in [0.2, 0.25) is 26.2 Å². The van der Waals surface area contributed by atoms with Gasteiger partial charge in [-0.3, -0.25) is 0 Å². The van der Waals surface area contributed by atoms with Crippen molar-refractivity contribution in [2.45, 2.75) is 32.5 Å². The van der Waals surface area contributed by atoms with E-state index < -0.39 is 18.1 Å². The standard InChI is InChI=1S/C7H20O2Si3/c1-6(10)7(8-11(2)3)9-12(4)5/h7,11-12H,1H2,2-5,10H3. The molecule has 0 saturated heterocycles. The fourth-order valence-corrected chi connectivity index (χ4v) is 3.29. The first-order valence-corrected chi connectivity index (χ1v) is 11.0. The molecule has 0 heterocycles. The summed E-state index contributed by atoms with van der Waals surface area (Å²) in [5.74, 6) is 0. The summed E-state index contributed by atoms with van der Waals surface area (Å²) in [5, 5.41) is 1.12. The van der Waals surface area contributed by atoms with Crippen LogP contribution in [0.1, 0.15) is 0 Å². The molecule has 0 bridgehead atoms. The third-order valence-corrected chi connectivity index (χ3v) is 3.25. The molecule has 0 saturated carbocycles. The molecule has 0 amide bonds. The van der Waals surface area contributed by atoms with Crippen molar-refractivity contribution >= 4 is 28.3 Å². The molecule has 0 aromatic heterocycles. The summed E-state index contributed by atoms with van der Waals surface area (Å²) in [6.45, 7) is 12.5. The van der Waals surface area contributed by atoms with Crippen LogP contribution in [0.3, 0.4) is 0 Å². The first-order valence-electron chi connectivity index (χ1n) is 4.39. The topological polar surface area (TPSA) is 18.5 Å². The second kappa shape index (κ2) is 5.87. The van der Waals surface area contributed by atoms with Gasteiger partial charge in [0.25, 0.3) is 0 Å². The van der Waals surface area contributed by atoms with E-state index in [4.69, 9.17) is 8.85 Å². The Balaban J connectivity index is 3.96. The largest absolute Gasteiger partial charge is 0.394 e. The van der Waals surface area contributed by atoms with Crippen molar-refractivity contribution in [1.82, 2.24) is 0 Å². The highest BCUT2D eigenvalue weighted by Gasteiger charge is 2.13. The highest BCUT2D eigenvalue weighted by molar-refractivity contribution is 6.49. The summed E-state index contributed by atoms with van der Waals surface area (Å²) >= 11 is 0. The third-order valence-electron chi connectivity index (χ3n) is 1.19. The van der Waals surface area contributed by atoms with Crippen LogP contribution in [0, 0.1) is 0 Å². The molecule has 2 nitrogen and oxygen atoms in total. The lowest BCUT2D eigenvalue weighted by atomic mass is 10.6. The van der Waals surface area contributed by atoms with Gasteiger partial charge in [0.2, 0.25) is 0 Å². The van der Waals surface area contributed by atoms with Gasteiger partial charge in [0, 0.05) is 10.2 Å². The van der Waals surface area contributed by atoms with E-state index in [1.807, 2.05) is 0 Å². The van der Waals surface area contributed by atoms with Gasteiger partial charge >= 0.3 is 0 Å². The van der Waals surface area contributed by atoms with Crippen LogP contribution in [-0.2, 0) is 8.85 Å². The summed E-state index contributed by atoms with van der Waals surface area (Å²) < 4.78 is 11.4.